The van der Waals surface area contributed by atoms with E-state index in [0.29, 0.717) is 11.8 Å². The normalized spacial score (nSPS) is 30.3. The third-order valence-corrected chi connectivity index (χ3v) is 7.20. The van der Waals surface area contributed by atoms with E-state index in [0.717, 1.165) is 76.3 Å². The standard InChI is InChI=1S/C22H32N4O2/c27-21-17(14-24-9-3-4-10-24)6-7-20-18-11-16(13-26(20)21)12-25(15-18)22(28)19-5-1-2-8-23-19/h6-7,16,18-19,23H,1-5,8-15H2/t16-,18+,19-/m0/s1. The van der Waals surface area contributed by atoms with E-state index in [1.54, 1.807) is 0 Å². The Balaban J connectivity index is 1.34. The Hall–Kier alpha value is -1.66. The number of carbonyl (C=O) groups excluding carboxylic acids is 1. The number of rotatable bonds is 3. The zero-order valence-corrected chi connectivity index (χ0v) is 16.7. The van der Waals surface area contributed by atoms with Crippen molar-refractivity contribution in [3.63, 3.8) is 0 Å². The Kier molecular flexibility index (Phi) is 5.01. The second kappa shape index (κ2) is 7.64. The largest absolute Gasteiger partial charge is 0.340 e. The average Bonchev–Trinajstić information content (AvgIpc) is 3.23. The first kappa shape index (κ1) is 18.4. The van der Waals surface area contributed by atoms with Gasteiger partial charge in [0.25, 0.3) is 5.56 Å². The molecule has 0 saturated carbocycles. The second-order valence-electron chi connectivity index (χ2n) is 9.23. The summed E-state index contributed by atoms with van der Waals surface area (Å²) in [6, 6.07) is 4.22. The highest BCUT2D eigenvalue weighted by Gasteiger charge is 2.38. The molecule has 1 aromatic rings. The van der Waals surface area contributed by atoms with Gasteiger partial charge in [-0.25, -0.2) is 0 Å². The lowest BCUT2D eigenvalue weighted by Gasteiger charge is -2.44. The van der Waals surface area contributed by atoms with Crippen LogP contribution in [0.25, 0.3) is 0 Å². The van der Waals surface area contributed by atoms with Crippen LogP contribution in [0.5, 0.6) is 0 Å². The molecular formula is C22H32N4O2. The quantitative estimate of drug-likeness (QED) is 0.859. The van der Waals surface area contributed by atoms with E-state index in [9.17, 15) is 9.59 Å². The topological polar surface area (TPSA) is 57.6 Å². The van der Waals surface area contributed by atoms with Gasteiger partial charge in [0.05, 0.1) is 6.04 Å². The number of hydrogen-bond donors (Lipinski definition) is 1. The molecule has 152 valence electrons. The van der Waals surface area contributed by atoms with Crippen molar-refractivity contribution in [1.82, 2.24) is 19.7 Å². The molecule has 0 aromatic carbocycles. The molecule has 0 unspecified atom stereocenters. The maximum Gasteiger partial charge on any atom is 0.255 e. The zero-order valence-electron chi connectivity index (χ0n) is 16.7. The fraction of sp³-hybridized carbons (Fsp3) is 0.727. The molecule has 28 heavy (non-hydrogen) atoms. The molecule has 3 saturated heterocycles. The predicted molar refractivity (Wildman–Crippen MR) is 108 cm³/mol. The Morgan fingerprint density at radius 3 is 2.71 bits per heavy atom. The van der Waals surface area contributed by atoms with Crippen LogP contribution < -0.4 is 10.9 Å². The number of hydrogen-bond acceptors (Lipinski definition) is 4. The van der Waals surface area contributed by atoms with Crippen LogP contribution in [0.1, 0.15) is 55.7 Å². The summed E-state index contributed by atoms with van der Waals surface area (Å²) in [7, 11) is 0. The number of aromatic nitrogens is 1. The first-order valence-electron chi connectivity index (χ1n) is 11.2. The number of likely N-dealkylation sites (tertiary alicyclic amines) is 2. The highest BCUT2D eigenvalue weighted by Crippen LogP contribution is 2.35. The fourth-order valence-electron chi connectivity index (χ4n) is 5.76. The molecule has 3 fully saturated rings. The van der Waals surface area contributed by atoms with Gasteiger partial charge in [0.2, 0.25) is 5.91 Å². The van der Waals surface area contributed by atoms with Gasteiger partial charge in [-0.05, 0) is 63.7 Å². The lowest BCUT2D eigenvalue weighted by Crippen LogP contribution is -2.55. The highest BCUT2D eigenvalue weighted by atomic mass is 16.2. The van der Waals surface area contributed by atoms with E-state index < -0.39 is 0 Å². The number of amides is 1. The van der Waals surface area contributed by atoms with Crippen molar-refractivity contribution in [3.8, 4) is 0 Å². The lowest BCUT2D eigenvalue weighted by molar-refractivity contribution is -0.136. The van der Waals surface area contributed by atoms with Crippen molar-refractivity contribution in [3.05, 3.63) is 33.7 Å². The molecule has 0 radical (unpaired) electrons. The Morgan fingerprint density at radius 2 is 1.93 bits per heavy atom. The van der Waals surface area contributed by atoms with Gasteiger partial charge in [0.1, 0.15) is 0 Å². The molecular weight excluding hydrogens is 352 g/mol. The van der Waals surface area contributed by atoms with Crippen LogP contribution in [0, 0.1) is 5.92 Å². The molecule has 6 nitrogen and oxygen atoms in total. The third-order valence-electron chi connectivity index (χ3n) is 7.20. The number of nitrogens with one attached hydrogen (secondary N) is 1. The summed E-state index contributed by atoms with van der Waals surface area (Å²) in [6.45, 7) is 6.29. The molecule has 5 heterocycles. The van der Waals surface area contributed by atoms with Crippen LogP contribution in [-0.2, 0) is 17.9 Å². The van der Waals surface area contributed by atoms with E-state index in [4.69, 9.17) is 0 Å². The molecule has 1 amide bonds. The summed E-state index contributed by atoms with van der Waals surface area (Å²) >= 11 is 0. The maximum absolute atomic E-state index is 13.1. The van der Waals surface area contributed by atoms with E-state index in [1.165, 1.54) is 19.3 Å². The summed E-state index contributed by atoms with van der Waals surface area (Å²) in [5, 5.41) is 3.40. The van der Waals surface area contributed by atoms with Crippen molar-refractivity contribution in [2.24, 2.45) is 5.92 Å². The molecule has 1 N–H and O–H groups in total. The minimum absolute atomic E-state index is 0.00222. The van der Waals surface area contributed by atoms with Crippen LogP contribution >= 0.6 is 0 Å². The van der Waals surface area contributed by atoms with Crippen molar-refractivity contribution in [2.75, 3.05) is 32.7 Å². The Bertz CT molecular complexity index is 792. The second-order valence-corrected chi connectivity index (χ2v) is 9.23. The lowest BCUT2D eigenvalue weighted by atomic mass is 9.82. The molecule has 6 heteroatoms. The molecule has 0 aliphatic carbocycles. The SMILES string of the molecule is O=C([C@@H]1CCCCN1)N1C[C@@H]2C[C@H](C1)c1ccc(CN3CCCC3)c(=O)n1C2. The Labute approximate surface area is 166 Å². The first-order chi connectivity index (χ1) is 13.7. The smallest absolute Gasteiger partial charge is 0.255 e. The Morgan fingerprint density at radius 1 is 1.07 bits per heavy atom. The van der Waals surface area contributed by atoms with Gasteiger partial charge >= 0.3 is 0 Å². The van der Waals surface area contributed by atoms with Gasteiger partial charge in [0, 0.05) is 43.4 Å². The van der Waals surface area contributed by atoms with Gasteiger partial charge in [-0.1, -0.05) is 12.5 Å². The van der Waals surface area contributed by atoms with Gasteiger partial charge in [-0.15, -0.1) is 0 Å². The third kappa shape index (κ3) is 3.41. The van der Waals surface area contributed by atoms with Gasteiger partial charge in [0.15, 0.2) is 0 Å². The number of carbonyl (C=O) groups is 1. The van der Waals surface area contributed by atoms with Crippen LogP contribution in [0.15, 0.2) is 16.9 Å². The monoisotopic (exact) mass is 384 g/mol. The van der Waals surface area contributed by atoms with Gasteiger partial charge in [-0.2, -0.15) is 0 Å². The number of fused-ring (bicyclic) bond motifs is 4. The van der Waals surface area contributed by atoms with E-state index in [1.807, 2.05) is 4.57 Å². The maximum atomic E-state index is 13.1. The van der Waals surface area contributed by atoms with E-state index in [2.05, 4.69) is 27.2 Å². The summed E-state index contributed by atoms with van der Waals surface area (Å²) in [5.41, 5.74) is 2.28. The molecule has 5 rings (SSSR count). The molecule has 4 aliphatic heterocycles. The van der Waals surface area contributed by atoms with Crippen LogP contribution in [-0.4, -0.2) is 59.0 Å². The summed E-state index contributed by atoms with van der Waals surface area (Å²) in [6.07, 6.45) is 6.87. The van der Waals surface area contributed by atoms with E-state index in [-0.39, 0.29) is 17.5 Å². The van der Waals surface area contributed by atoms with Crippen LogP contribution in [0.3, 0.4) is 0 Å². The average molecular weight is 385 g/mol. The fourth-order valence-corrected chi connectivity index (χ4v) is 5.76. The minimum Gasteiger partial charge on any atom is -0.340 e. The minimum atomic E-state index is -0.00222. The molecule has 0 spiro atoms. The van der Waals surface area contributed by atoms with Crippen molar-refractivity contribution in [2.45, 2.75) is 63.6 Å². The number of pyridine rings is 1. The van der Waals surface area contributed by atoms with E-state index >= 15 is 0 Å². The molecule has 2 bridgehead atoms. The van der Waals surface area contributed by atoms with Gasteiger partial charge < -0.3 is 14.8 Å². The van der Waals surface area contributed by atoms with Crippen LogP contribution in [0.4, 0.5) is 0 Å². The summed E-state index contributed by atoms with van der Waals surface area (Å²) in [5.74, 6) is 0.975. The highest BCUT2D eigenvalue weighted by molar-refractivity contribution is 5.82. The van der Waals surface area contributed by atoms with Crippen molar-refractivity contribution in [1.29, 1.82) is 0 Å². The molecule has 4 aliphatic rings. The molecule has 1 aromatic heterocycles. The van der Waals surface area contributed by atoms with Crippen molar-refractivity contribution < 1.29 is 4.79 Å². The molecule has 3 atom stereocenters. The first-order valence-corrected chi connectivity index (χ1v) is 11.2. The number of piperidine rings is 2. The predicted octanol–water partition coefficient (Wildman–Crippen LogP) is 1.53. The zero-order chi connectivity index (χ0) is 19.1. The van der Waals surface area contributed by atoms with Crippen LogP contribution in [0.2, 0.25) is 0 Å². The summed E-state index contributed by atoms with van der Waals surface area (Å²) < 4.78 is 2.03. The summed E-state index contributed by atoms with van der Waals surface area (Å²) in [4.78, 5) is 30.6. The number of nitrogens with zero attached hydrogens (tertiary/aromatic N) is 3. The van der Waals surface area contributed by atoms with Gasteiger partial charge in [-0.3, -0.25) is 14.5 Å². The van der Waals surface area contributed by atoms with Crippen molar-refractivity contribution >= 4 is 5.91 Å².